The molecule has 0 saturated heterocycles. The van der Waals surface area contributed by atoms with Crippen LogP contribution in [0.3, 0.4) is 0 Å². The summed E-state index contributed by atoms with van der Waals surface area (Å²) in [6.07, 6.45) is 6.11. The summed E-state index contributed by atoms with van der Waals surface area (Å²) >= 11 is 7.21. The summed E-state index contributed by atoms with van der Waals surface area (Å²) in [5, 5.41) is 11.1. The van der Waals surface area contributed by atoms with E-state index in [0.29, 0.717) is 38.3 Å². The molecule has 0 saturated carbocycles. The van der Waals surface area contributed by atoms with E-state index < -0.39 is 5.54 Å². The van der Waals surface area contributed by atoms with Crippen molar-refractivity contribution in [3.8, 4) is 0 Å². The Kier molecular flexibility index (Phi) is 6.48. The Balaban J connectivity index is 1.54. The molecule has 0 aliphatic carbocycles. The highest BCUT2D eigenvalue weighted by Gasteiger charge is 2.27. The Morgan fingerprint density at radius 1 is 1.21 bits per heavy atom. The van der Waals surface area contributed by atoms with Crippen LogP contribution >= 0.6 is 22.9 Å². The first-order chi connectivity index (χ1) is 15.7. The zero-order valence-corrected chi connectivity index (χ0v) is 20.1. The number of rotatable bonds is 7. The van der Waals surface area contributed by atoms with Crippen LogP contribution in [-0.4, -0.2) is 42.7 Å². The number of nitrogens with zero attached hydrogens (tertiary/aromatic N) is 5. The van der Waals surface area contributed by atoms with Crippen molar-refractivity contribution in [2.75, 3.05) is 11.9 Å². The molecule has 4 aromatic rings. The monoisotopic (exact) mass is 485 g/mol. The second kappa shape index (κ2) is 9.32. The number of hydrogen-bond donors (Lipinski definition) is 2. The first kappa shape index (κ1) is 22.9. The molecular weight excluding hydrogens is 462 g/mol. The quantitative estimate of drug-likeness (QED) is 0.382. The number of hydrogen-bond acceptors (Lipinski definition) is 6. The fourth-order valence-corrected chi connectivity index (χ4v) is 4.35. The van der Waals surface area contributed by atoms with E-state index in [1.807, 2.05) is 31.5 Å². The largest absolute Gasteiger partial charge is 0.351 e. The maximum absolute atomic E-state index is 12.9. The highest BCUT2D eigenvalue weighted by molar-refractivity contribution is 7.22. The summed E-state index contributed by atoms with van der Waals surface area (Å²) in [6, 6.07) is 6.68. The van der Waals surface area contributed by atoms with Gasteiger partial charge in [-0.15, -0.1) is 0 Å². The molecule has 2 N–H and O–H groups in total. The molecule has 0 fully saturated rings. The first-order valence-electron chi connectivity index (χ1n) is 10.4. The molecular formula is C22H24ClN7O2S. The maximum Gasteiger partial charge on any atom is 0.273 e. The van der Waals surface area contributed by atoms with Crippen molar-refractivity contribution in [1.29, 1.82) is 0 Å². The van der Waals surface area contributed by atoms with Gasteiger partial charge in [-0.1, -0.05) is 29.0 Å². The third kappa shape index (κ3) is 5.23. The highest BCUT2D eigenvalue weighted by atomic mass is 35.5. The minimum Gasteiger partial charge on any atom is -0.351 e. The molecule has 0 unspecified atom stereocenters. The van der Waals surface area contributed by atoms with E-state index >= 15 is 0 Å². The van der Waals surface area contributed by atoms with Gasteiger partial charge in [0.1, 0.15) is 4.70 Å². The Morgan fingerprint density at radius 3 is 2.73 bits per heavy atom. The average Bonchev–Trinajstić information content (AvgIpc) is 3.47. The van der Waals surface area contributed by atoms with E-state index in [-0.39, 0.29) is 11.8 Å². The molecule has 0 radical (unpaired) electrons. The molecule has 0 aliphatic rings. The van der Waals surface area contributed by atoms with Crippen molar-refractivity contribution >= 4 is 50.2 Å². The van der Waals surface area contributed by atoms with Crippen LogP contribution in [0, 0.1) is 0 Å². The second-order valence-corrected chi connectivity index (χ2v) is 9.91. The predicted octanol–water partition coefficient (Wildman–Crippen LogP) is 4.17. The van der Waals surface area contributed by atoms with E-state index in [4.69, 9.17) is 11.6 Å². The maximum atomic E-state index is 12.9. The number of carbonyl (C=O) groups is 2. The number of amides is 2. The van der Waals surface area contributed by atoms with Gasteiger partial charge in [0.2, 0.25) is 0 Å². The van der Waals surface area contributed by atoms with E-state index in [2.05, 4.69) is 25.7 Å². The number of halogens is 1. The topological polar surface area (TPSA) is 107 Å². The lowest BCUT2D eigenvalue weighted by Crippen LogP contribution is -2.27. The van der Waals surface area contributed by atoms with Crippen molar-refractivity contribution in [3.63, 3.8) is 0 Å². The molecule has 172 valence electrons. The molecule has 1 aromatic carbocycles. The molecule has 11 heteroatoms. The van der Waals surface area contributed by atoms with Crippen LogP contribution in [0.2, 0.25) is 5.02 Å². The van der Waals surface area contributed by atoms with Crippen LogP contribution in [0.1, 0.15) is 48.0 Å². The lowest BCUT2D eigenvalue weighted by Gasteiger charge is -2.19. The van der Waals surface area contributed by atoms with Crippen LogP contribution in [0.5, 0.6) is 0 Å². The predicted molar refractivity (Wildman–Crippen MR) is 129 cm³/mol. The van der Waals surface area contributed by atoms with Gasteiger partial charge in [-0.2, -0.15) is 10.1 Å². The Bertz CT molecular complexity index is 1290. The summed E-state index contributed by atoms with van der Waals surface area (Å²) < 4.78 is 4.30. The summed E-state index contributed by atoms with van der Waals surface area (Å²) in [5.41, 5.74) is 0.872. The number of nitrogens with one attached hydrogen (secondary N) is 2. The molecule has 0 atom stereocenters. The lowest BCUT2D eigenvalue weighted by molar-refractivity contribution is 0.0947. The average molecular weight is 486 g/mol. The number of anilines is 1. The number of thiazole rings is 1. The van der Waals surface area contributed by atoms with Gasteiger partial charge in [0.25, 0.3) is 11.8 Å². The van der Waals surface area contributed by atoms with Crippen molar-refractivity contribution in [2.45, 2.75) is 39.3 Å². The van der Waals surface area contributed by atoms with E-state index in [0.717, 1.165) is 13.0 Å². The van der Waals surface area contributed by atoms with Crippen molar-refractivity contribution in [3.05, 3.63) is 59.3 Å². The van der Waals surface area contributed by atoms with E-state index in [9.17, 15) is 9.59 Å². The summed E-state index contributed by atoms with van der Waals surface area (Å²) in [4.78, 5) is 34.1. The zero-order valence-electron chi connectivity index (χ0n) is 18.5. The molecule has 33 heavy (non-hydrogen) atoms. The molecule has 0 aliphatic heterocycles. The zero-order chi connectivity index (χ0) is 23.6. The third-order valence-electron chi connectivity index (χ3n) is 4.82. The molecule has 9 nitrogen and oxygen atoms in total. The first-order valence-corrected chi connectivity index (χ1v) is 11.6. The van der Waals surface area contributed by atoms with Gasteiger partial charge in [0, 0.05) is 36.1 Å². The number of benzene rings is 1. The molecule has 2 amide bonds. The number of aromatic nitrogens is 5. The van der Waals surface area contributed by atoms with Gasteiger partial charge < -0.3 is 9.88 Å². The van der Waals surface area contributed by atoms with Crippen LogP contribution in [-0.2, 0) is 12.1 Å². The highest BCUT2D eigenvalue weighted by Crippen LogP contribution is 2.32. The smallest absolute Gasteiger partial charge is 0.273 e. The van der Waals surface area contributed by atoms with E-state index in [1.54, 1.807) is 41.5 Å². The van der Waals surface area contributed by atoms with Crippen molar-refractivity contribution in [2.24, 2.45) is 0 Å². The number of carbonyl (C=O) groups excluding carboxylic acids is 2. The fourth-order valence-electron chi connectivity index (χ4n) is 3.24. The third-order valence-corrected chi connectivity index (χ3v) is 6.02. The van der Waals surface area contributed by atoms with Crippen LogP contribution in [0.4, 0.5) is 5.13 Å². The molecule has 3 heterocycles. The summed E-state index contributed by atoms with van der Waals surface area (Å²) in [5.74, 6) is -0.598. The molecule has 0 spiro atoms. The minimum atomic E-state index is -0.402. The Hall–Kier alpha value is -3.24. The fraction of sp³-hybridized carbons (Fsp3) is 0.318. The van der Waals surface area contributed by atoms with Crippen molar-refractivity contribution in [1.82, 2.24) is 29.6 Å². The number of imidazole rings is 1. The normalized spacial score (nSPS) is 11.6. The molecule has 4 rings (SSSR count). The Morgan fingerprint density at radius 2 is 2.03 bits per heavy atom. The lowest BCUT2D eigenvalue weighted by atomic mass is 10.1. The minimum absolute atomic E-state index is 0.273. The van der Waals surface area contributed by atoms with Gasteiger partial charge in [-0.25, -0.2) is 9.67 Å². The van der Waals surface area contributed by atoms with Crippen LogP contribution in [0.15, 0.2) is 43.0 Å². The van der Waals surface area contributed by atoms with Crippen LogP contribution < -0.4 is 10.6 Å². The van der Waals surface area contributed by atoms with Gasteiger partial charge in [-0.05, 0) is 45.4 Å². The van der Waals surface area contributed by atoms with E-state index in [1.165, 1.54) is 11.3 Å². The molecule has 0 bridgehead atoms. The van der Waals surface area contributed by atoms with Crippen LogP contribution in [0.25, 0.3) is 10.3 Å². The SMILES string of the molecule is CC(C)(C)n1nc(C(=O)NCCCn2ccnc2)c2sc(NC(=O)c3cccc(Cl)c3)nc21. The molecule has 3 aromatic heterocycles. The second-order valence-electron chi connectivity index (χ2n) is 8.48. The number of fused-ring (bicyclic) bond motifs is 1. The van der Waals surface area contributed by atoms with Gasteiger partial charge in [0.15, 0.2) is 16.5 Å². The number of aryl methyl sites for hydroxylation is 1. The standard InChI is InChI=1S/C22H24ClN7O2S/c1-22(2,3)30-18-17(16(28-30)20(32)25-8-5-10-29-11-9-24-13-29)33-21(26-18)27-19(31)14-6-4-7-15(23)12-14/h4,6-7,9,11-13H,5,8,10H2,1-3H3,(H,25,32)(H,26,27,31). The van der Waals surface area contributed by atoms with Crippen molar-refractivity contribution < 1.29 is 9.59 Å². The summed E-state index contributed by atoms with van der Waals surface area (Å²) in [6.45, 7) is 7.20. The Labute approximate surface area is 199 Å². The van der Waals surface area contributed by atoms with Gasteiger partial charge >= 0.3 is 0 Å². The van der Waals surface area contributed by atoms with Gasteiger partial charge in [-0.3, -0.25) is 14.9 Å². The summed E-state index contributed by atoms with van der Waals surface area (Å²) in [7, 11) is 0. The van der Waals surface area contributed by atoms with Gasteiger partial charge in [0.05, 0.1) is 11.9 Å².